The highest BCUT2D eigenvalue weighted by Crippen LogP contribution is 2.27. The van der Waals surface area contributed by atoms with Crippen molar-refractivity contribution < 1.29 is 9.47 Å². The van der Waals surface area contributed by atoms with E-state index in [2.05, 4.69) is 20.4 Å². The highest BCUT2D eigenvalue weighted by Gasteiger charge is 2.20. The standard InChI is InChI=1S/C13H17N5O2/c1-8-6-9(4-5-15-8)11(18-14)12-13(20-3)17-10(19-2)7-16-12/h4-7,11,18H,14H2,1-3H3. The summed E-state index contributed by atoms with van der Waals surface area (Å²) in [4.78, 5) is 12.7. The van der Waals surface area contributed by atoms with Crippen molar-refractivity contribution >= 4 is 0 Å². The van der Waals surface area contributed by atoms with Crippen LogP contribution in [0.15, 0.2) is 24.5 Å². The molecule has 0 radical (unpaired) electrons. The summed E-state index contributed by atoms with van der Waals surface area (Å²) < 4.78 is 10.3. The Hall–Kier alpha value is -2.25. The number of pyridine rings is 1. The zero-order valence-electron chi connectivity index (χ0n) is 11.6. The summed E-state index contributed by atoms with van der Waals surface area (Å²) in [6.07, 6.45) is 3.24. The van der Waals surface area contributed by atoms with E-state index in [1.165, 1.54) is 20.4 Å². The molecule has 0 saturated heterocycles. The number of aryl methyl sites for hydroxylation is 1. The van der Waals surface area contributed by atoms with Crippen molar-refractivity contribution in [2.45, 2.75) is 13.0 Å². The van der Waals surface area contributed by atoms with Gasteiger partial charge in [0.15, 0.2) is 0 Å². The molecule has 20 heavy (non-hydrogen) atoms. The minimum absolute atomic E-state index is 0.343. The molecule has 3 N–H and O–H groups in total. The third kappa shape index (κ3) is 2.84. The van der Waals surface area contributed by atoms with E-state index in [0.717, 1.165) is 11.3 Å². The number of hydrogen-bond acceptors (Lipinski definition) is 7. The van der Waals surface area contributed by atoms with Crippen LogP contribution >= 0.6 is 0 Å². The average Bonchev–Trinajstić information content (AvgIpc) is 2.48. The van der Waals surface area contributed by atoms with Crippen LogP contribution in [0.4, 0.5) is 0 Å². The first-order valence-electron chi connectivity index (χ1n) is 6.03. The summed E-state index contributed by atoms with van der Waals surface area (Å²) >= 11 is 0. The maximum atomic E-state index is 5.66. The van der Waals surface area contributed by atoms with Gasteiger partial charge in [0.05, 0.1) is 26.5 Å². The maximum absolute atomic E-state index is 5.66. The monoisotopic (exact) mass is 275 g/mol. The molecule has 0 fully saturated rings. The number of methoxy groups -OCH3 is 2. The highest BCUT2D eigenvalue weighted by atomic mass is 16.5. The van der Waals surface area contributed by atoms with Crippen molar-refractivity contribution in [1.82, 2.24) is 20.4 Å². The number of nitrogens with zero attached hydrogens (tertiary/aromatic N) is 3. The Kier molecular flexibility index (Phi) is 4.44. The molecule has 0 saturated carbocycles. The van der Waals surface area contributed by atoms with E-state index >= 15 is 0 Å². The van der Waals surface area contributed by atoms with Crippen LogP contribution in [0.5, 0.6) is 11.8 Å². The van der Waals surface area contributed by atoms with Gasteiger partial charge in [-0.2, -0.15) is 4.98 Å². The molecule has 0 aliphatic heterocycles. The Labute approximate surface area is 117 Å². The molecule has 106 valence electrons. The summed E-state index contributed by atoms with van der Waals surface area (Å²) in [5.74, 6) is 6.40. The van der Waals surface area contributed by atoms with Gasteiger partial charge in [0, 0.05) is 11.9 Å². The van der Waals surface area contributed by atoms with Crippen molar-refractivity contribution in [2.24, 2.45) is 5.84 Å². The van der Waals surface area contributed by atoms with Crippen molar-refractivity contribution in [3.8, 4) is 11.8 Å². The number of hydrazine groups is 1. The van der Waals surface area contributed by atoms with Gasteiger partial charge in [-0.3, -0.25) is 10.8 Å². The molecule has 1 atom stereocenters. The normalized spacial score (nSPS) is 12.0. The molecule has 0 aromatic carbocycles. The first-order valence-corrected chi connectivity index (χ1v) is 6.03. The molecule has 0 aliphatic rings. The summed E-state index contributed by atoms with van der Waals surface area (Å²) in [5, 5.41) is 0. The topological polar surface area (TPSA) is 95.2 Å². The molecule has 0 spiro atoms. The summed E-state index contributed by atoms with van der Waals surface area (Å²) in [6, 6.07) is 3.45. The van der Waals surface area contributed by atoms with E-state index in [1.807, 2.05) is 19.1 Å². The van der Waals surface area contributed by atoms with Gasteiger partial charge in [-0.15, -0.1) is 0 Å². The number of aromatic nitrogens is 3. The zero-order chi connectivity index (χ0) is 14.5. The molecule has 7 nitrogen and oxygen atoms in total. The molecule has 2 aromatic heterocycles. The van der Waals surface area contributed by atoms with Gasteiger partial charge in [-0.25, -0.2) is 10.4 Å². The molecule has 2 rings (SSSR count). The fourth-order valence-corrected chi connectivity index (χ4v) is 1.89. The van der Waals surface area contributed by atoms with Gasteiger partial charge >= 0.3 is 0 Å². The minimum atomic E-state index is -0.343. The molecule has 0 bridgehead atoms. The first kappa shape index (κ1) is 14.2. The minimum Gasteiger partial charge on any atom is -0.480 e. The van der Waals surface area contributed by atoms with Crippen LogP contribution in [0, 0.1) is 6.92 Å². The lowest BCUT2D eigenvalue weighted by Crippen LogP contribution is -2.30. The smallest absolute Gasteiger partial charge is 0.240 e. The van der Waals surface area contributed by atoms with E-state index < -0.39 is 0 Å². The molecule has 0 aliphatic carbocycles. The summed E-state index contributed by atoms with van der Waals surface area (Å²) in [6.45, 7) is 1.91. The lowest BCUT2D eigenvalue weighted by molar-refractivity contribution is 0.352. The lowest BCUT2D eigenvalue weighted by atomic mass is 10.0. The fourth-order valence-electron chi connectivity index (χ4n) is 1.89. The van der Waals surface area contributed by atoms with Crippen molar-refractivity contribution in [2.75, 3.05) is 14.2 Å². The number of ether oxygens (including phenoxy) is 2. The van der Waals surface area contributed by atoms with Crippen LogP contribution in [0.3, 0.4) is 0 Å². The molecule has 7 heteroatoms. The second-order valence-electron chi connectivity index (χ2n) is 4.14. The fraction of sp³-hybridized carbons (Fsp3) is 0.308. The highest BCUT2D eigenvalue weighted by molar-refractivity contribution is 5.34. The van der Waals surface area contributed by atoms with Crippen LogP contribution in [-0.2, 0) is 0 Å². The second kappa shape index (κ2) is 6.27. The lowest BCUT2D eigenvalue weighted by Gasteiger charge is -2.18. The first-order chi connectivity index (χ1) is 9.69. The molecule has 0 amide bonds. The largest absolute Gasteiger partial charge is 0.480 e. The SMILES string of the molecule is COc1cnc(C(NN)c2ccnc(C)c2)c(OC)n1. The second-order valence-corrected chi connectivity index (χ2v) is 4.14. The Morgan fingerprint density at radius 3 is 2.65 bits per heavy atom. The molecular formula is C13H17N5O2. The number of hydrogen-bond donors (Lipinski definition) is 2. The predicted molar refractivity (Wildman–Crippen MR) is 73.3 cm³/mol. The average molecular weight is 275 g/mol. The maximum Gasteiger partial charge on any atom is 0.240 e. The van der Waals surface area contributed by atoms with Gasteiger partial charge in [-0.05, 0) is 24.6 Å². The van der Waals surface area contributed by atoms with Crippen LogP contribution in [-0.4, -0.2) is 29.2 Å². The third-order valence-electron chi connectivity index (χ3n) is 2.84. The quantitative estimate of drug-likeness (QED) is 0.614. The Morgan fingerprint density at radius 1 is 1.25 bits per heavy atom. The Balaban J connectivity index is 2.46. The predicted octanol–water partition coefficient (Wildman–Crippen LogP) is 0.750. The van der Waals surface area contributed by atoms with Crippen LogP contribution in [0.25, 0.3) is 0 Å². The van der Waals surface area contributed by atoms with Crippen molar-refractivity contribution in [3.05, 3.63) is 41.5 Å². The summed E-state index contributed by atoms with van der Waals surface area (Å²) in [7, 11) is 3.05. The van der Waals surface area contributed by atoms with E-state index in [9.17, 15) is 0 Å². The number of nitrogens with two attached hydrogens (primary N) is 1. The van der Waals surface area contributed by atoms with E-state index in [1.54, 1.807) is 6.20 Å². The Bertz CT molecular complexity index is 591. The zero-order valence-corrected chi connectivity index (χ0v) is 11.6. The van der Waals surface area contributed by atoms with Crippen LogP contribution < -0.4 is 20.7 Å². The van der Waals surface area contributed by atoms with Crippen molar-refractivity contribution in [1.29, 1.82) is 0 Å². The van der Waals surface area contributed by atoms with Crippen molar-refractivity contribution in [3.63, 3.8) is 0 Å². The number of rotatable bonds is 5. The van der Waals surface area contributed by atoms with Crippen LogP contribution in [0.1, 0.15) is 23.0 Å². The molecular weight excluding hydrogens is 258 g/mol. The van der Waals surface area contributed by atoms with Gasteiger partial charge in [-0.1, -0.05) is 0 Å². The van der Waals surface area contributed by atoms with Gasteiger partial charge in [0.1, 0.15) is 5.69 Å². The molecule has 2 aromatic rings. The van der Waals surface area contributed by atoms with Gasteiger partial charge < -0.3 is 9.47 Å². The van der Waals surface area contributed by atoms with Gasteiger partial charge in [0.2, 0.25) is 11.8 Å². The van der Waals surface area contributed by atoms with Gasteiger partial charge in [0.25, 0.3) is 0 Å². The third-order valence-corrected chi connectivity index (χ3v) is 2.84. The van der Waals surface area contributed by atoms with E-state index in [4.69, 9.17) is 15.3 Å². The Morgan fingerprint density at radius 2 is 2.05 bits per heavy atom. The summed E-state index contributed by atoms with van der Waals surface area (Å²) in [5.41, 5.74) is 5.13. The molecule has 2 heterocycles. The molecule has 1 unspecified atom stereocenters. The van der Waals surface area contributed by atoms with E-state index in [0.29, 0.717) is 17.5 Å². The van der Waals surface area contributed by atoms with Crippen LogP contribution in [0.2, 0.25) is 0 Å². The number of nitrogens with one attached hydrogen (secondary N) is 1. The van der Waals surface area contributed by atoms with E-state index in [-0.39, 0.29) is 6.04 Å².